The van der Waals surface area contributed by atoms with Crippen LogP contribution in [0.4, 0.5) is 5.69 Å². The smallest absolute Gasteiger partial charge is 0.309 e. The van der Waals surface area contributed by atoms with Crippen LogP contribution in [0.15, 0.2) is 60.7 Å². The van der Waals surface area contributed by atoms with Crippen LogP contribution in [-0.2, 0) is 14.3 Å². The largest absolute Gasteiger partial charge is 0.490 e. The van der Waals surface area contributed by atoms with Gasteiger partial charge >= 0.3 is 5.97 Å². The molecule has 6 heteroatoms. The lowest BCUT2D eigenvalue weighted by molar-refractivity contribution is -0.156. The van der Waals surface area contributed by atoms with E-state index >= 15 is 0 Å². The number of esters is 1. The van der Waals surface area contributed by atoms with Gasteiger partial charge in [0.2, 0.25) is 5.91 Å². The predicted octanol–water partition coefficient (Wildman–Crippen LogP) is 3.37. The number of methoxy groups -OCH3 is 1. The third-order valence-electron chi connectivity index (χ3n) is 6.38. The summed E-state index contributed by atoms with van der Waals surface area (Å²) < 4.78 is 11.1. The number of anilines is 1. The van der Waals surface area contributed by atoms with Gasteiger partial charge in [-0.25, -0.2) is 0 Å². The molecule has 2 aliphatic rings. The molecule has 1 saturated heterocycles. The average Bonchev–Trinajstić information content (AvgIpc) is 2.84. The second kappa shape index (κ2) is 9.86. The van der Waals surface area contributed by atoms with E-state index < -0.39 is 5.92 Å². The molecule has 1 amide bonds. The molecule has 0 unspecified atom stereocenters. The number of rotatable bonds is 5. The first-order valence-electron chi connectivity index (χ1n) is 11.0. The Kier molecular flexibility index (Phi) is 6.75. The van der Waals surface area contributed by atoms with Gasteiger partial charge in [-0.2, -0.15) is 0 Å². The van der Waals surface area contributed by atoms with Crippen molar-refractivity contribution in [2.75, 3.05) is 38.2 Å². The first-order chi connectivity index (χ1) is 15.2. The lowest BCUT2D eigenvalue weighted by Gasteiger charge is -2.40. The topological polar surface area (TPSA) is 59.1 Å². The van der Waals surface area contributed by atoms with Gasteiger partial charge in [0.15, 0.2) is 0 Å². The number of carbonyl (C=O) groups is 2. The van der Waals surface area contributed by atoms with E-state index in [4.69, 9.17) is 9.47 Å². The first-order valence-corrected chi connectivity index (χ1v) is 11.0. The van der Waals surface area contributed by atoms with Crippen molar-refractivity contribution in [2.24, 2.45) is 11.8 Å². The zero-order chi connectivity index (χ0) is 21.6. The van der Waals surface area contributed by atoms with E-state index in [1.165, 1.54) is 12.8 Å². The monoisotopic (exact) mass is 422 g/mol. The van der Waals surface area contributed by atoms with Crippen molar-refractivity contribution in [3.63, 3.8) is 0 Å². The summed E-state index contributed by atoms with van der Waals surface area (Å²) in [5.41, 5.74) is 1.18. The number of hydrogen-bond acceptors (Lipinski definition) is 5. The van der Waals surface area contributed by atoms with E-state index in [1.807, 2.05) is 53.4 Å². The van der Waals surface area contributed by atoms with Crippen LogP contribution < -0.4 is 9.64 Å². The molecule has 2 fully saturated rings. The molecule has 2 aromatic carbocycles. The number of hydrogen-bond donors (Lipinski definition) is 0. The fourth-order valence-electron chi connectivity index (χ4n) is 4.70. The number of ether oxygens (including phenoxy) is 2. The van der Waals surface area contributed by atoms with Crippen molar-refractivity contribution in [1.29, 1.82) is 0 Å². The van der Waals surface area contributed by atoms with Gasteiger partial charge in [-0.05, 0) is 43.5 Å². The molecule has 0 bridgehead atoms. The molecule has 0 spiro atoms. The Balaban J connectivity index is 1.38. The minimum absolute atomic E-state index is 0.0706. The molecule has 2 aromatic rings. The number of carbonyl (C=O) groups excluding carboxylic acids is 2. The highest BCUT2D eigenvalue weighted by Gasteiger charge is 2.42. The Hall–Kier alpha value is -3.02. The Morgan fingerprint density at radius 2 is 1.48 bits per heavy atom. The average molecular weight is 423 g/mol. The van der Waals surface area contributed by atoms with Crippen LogP contribution in [0.1, 0.15) is 19.3 Å². The van der Waals surface area contributed by atoms with Gasteiger partial charge in [0.05, 0.1) is 25.0 Å². The minimum Gasteiger partial charge on any atom is -0.490 e. The second-order valence-corrected chi connectivity index (χ2v) is 8.25. The summed E-state index contributed by atoms with van der Waals surface area (Å²) in [6.45, 7) is 2.93. The van der Waals surface area contributed by atoms with Crippen LogP contribution in [0, 0.1) is 11.8 Å². The lowest BCUT2D eigenvalue weighted by Crippen LogP contribution is -2.53. The molecule has 1 aliphatic carbocycles. The molecule has 31 heavy (non-hydrogen) atoms. The highest BCUT2D eigenvalue weighted by Crippen LogP contribution is 2.35. The van der Waals surface area contributed by atoms with Gasteiger partial charge in [-0.3, -0.25) is 9.59 Å². The molecule has 1 aliphatic heterocycles. The number of piperazine rings is 1. The Morgan fingerprint density at radius 3 is 2.13 bits per heavy atom. The number of para-hydroxylation sites is 2. The first kappa shape index (κ1) is 21.2. The molecule has 1 heterocycles. The quantitative estimate of drug-likeness (QED) is 0.692. The number of benzene rings is 2. The maximum Gasteiger partial charge on any atom is 0.309 e. The van der Waals surface area contributed by atoms with Crippen molar-refractivity contribution in [3.05, 3.63) is 60.7 Å². The highest BCUT2D eigenvalue weighted by molar-refractivity contribution is 5.86. The summed E-state index contributed by atoms with van der Waals surface area (Å²) in [6.07, 6.45) is 1.80. The van der Waals surface area contributed by atoms with Crippen molar-refractivity contribution in [1.82, 2.24) is 4.90 Å². The van der Waals surface area contributed by atoms with Crippen molar-refractivity contribution < 1.29 is 19.1 Å². The fraction of sp³-hybridized carbons (Fsp3) is 0.440. The molecule has 0 aromatic heterocycles. The zero-order valence-electron chi connectivity index (χ0n) is 18.0. The van der Waals surface area contributed by atoms with Crippen LogP contribution in [0.25, 0.3) is 0 Å². The lowest BCUT2D eigenvalue weighted by atomic mass is 9.77. The molecular weight excluding hydrogens is 392 g/mol. The maximum atomic E-state index is 13.4. The van der Waals surface area contributed by atoms with Gasteiger partial charge < -0.3 is 19.3 Å². The SMILES string of the molecule is COC(=O)[C@H]1C[C@H](Oc2ccccc2)CC[C@@H]1C(=O)N1CCN(c2ccccc2)CC1. The van der Waals surface area contributed by atoms with E-state index in [9.17, 15) is 9.59 Å². The highest BCUT2D eigenvalue weighted by atomic mass is 16.5. The van der Waals surface area contributed by atoms with E-state index in [2.05, 4.69) is 17.0 Å². The summed E-state index contributed by atoms with van der Waals surface area (Å²) in [6, 6.07) is 19.9. The summed E-state index contributed by atoms with van der Waals surface area (Å²) in [7, 11) is 1.39. The van der Waals surface area contributed by atoms with Crippen molar-refractivity contribution in [2.45, 2.75) is 25.4 Å². The summed E-state index contributed by atoms with van der Waals surface area (Å²) in [5, 5.41) is 0. The van der Waals surface area contributed by atoms with Crippen molar-refractivity contribution in [3.8, 4) is 5.75 Å². The van der Waals surface area contributed by atoms with E-state index in [1.54, 1.807) is 0 Å². The van der Waals surface area contributed by atoms with Gasteiger partial charge in [0.1, 0.15) is 5.75 Å². The van der Waals surface area contributed by atoms with Crippen LogP contribution in [0.5, 0.6) is 5.75 Å². The number of amides is 1. The normalized spacial score (nSPS) is 23.8. The molecule has 3 atom stereocenters. The summed E-state index contributed by atoms with van der Waals surface area (Å²) in [5.74, 6) is -0.264. The van der Waals surface area contributed by atoms with Crippen LogP contribution in [0.3, 0.4) is 0 Å². The second-order valence-electron chi connectivity index (χ2n) is 8.25. The molecule has 6 nitrogen and oxygen atoms in total. The van der Waals surface area contributed by atoms with Crippen molar-refractivity contribution >= 4 is 17.6 Å². The Bertz CT molecular complexity index is 866. The summed E-state index contributed by atoms with van der Waals surface area (Å²) >= 11 is 0. The van der Waals surface area contributed by atoms with E-state index in [-0.39, 0.29) is 23.9 Å². The molecule has 1 saturated carbocycles. The predicted molar refractivity (Wildman–Crippen MR) is 119 cm³/mol. The van der Waals surface area contributed by atoms with Gasteiger partial charge in [0, 0.05) is 31.9 Å². The summed E-state index contributed by atoms with van der Waals surface area (Å²) in [4.78, 5) is 30.1. The minimum atomic E-state index is -0.466. The zero-order valence-corrected chi connectivity index (χ0v) is 18.0. The van der Waals surface area contributed by atoms with Crippen LogP contribution >= 0.6 is 0 Å². The third-order valence-corrected chi connectivity index (χ3v) is 6.38. The van der Waals surface area contributed by atoms with Crippen LogP contribution in [-0.4, -0.2) is 56.2 Å². The number of nitrogens with zero attached hydrogens (tertiary/aromatic N) is 2. The Labute approximate surface area is 183 Å². The maximum absolute atomic E-state index is 13.4. The van der Waals surface area contributed by atoms with E-state index in [0.29, 0.717) is 25.9 Å². The molecule has 164 valence electrons. The molecule has 0 N–H and O–H groups in total. The Morgan fingerprint density at radius 1 is 0.839 bits per heavy atom. The molecule has 4 rings (SSSR count). The molecular formula is C25H30N2O4. The fourth-order valence-corrected chi connectivity index (χ4v) is 4.70. The standard InChI is InChI=1S/C25H30N2O4/c1-30-25(29)23-18-21(31-20-10-6-3-7-11-20)12-13-22(23)24(28)27-16-14-26(15-17-27)19-8-4-2-5-9-19/h2-11,21-23H,12-18H2,1H3/t21-,22+,23+/m1/s1. The van der Waals surface area contributed by atoms with Gasteiger partial charge in [-0.1, -0.05) is 36.4 Å². The van der Waals surface area contributed by atoms with Crippen LogP contribution in [0.2, 0.25) is 0 Å². The van der Waals surface area contributed by atoms with E-state index in [0.717, 1.165) is 25.3 Å². The van der Waals surface area contributed by atoms with Gasteiger partial charge in [-0.15, -0.1) is 0 Å². The van der Waals surface area contributed by atoms with Gasteiger partial charge in [0.25, 0.3) is 0 Å². The molecule has 0 radical (unpaired) electrons. The third kappa shape index (κ3) is 5.01.